The molecule has 112 valence electrons. The fourth-order valence-corrected chi connectivity index (χ4v) is 3.13. The van der Waals surface area contributed by atoms with Crippen molar-refractivity contribution in [2.45, 2.75) is 51.6 Å². The van der Waals surface area contributed by atoms with Crippen LogP contribution in [0.3, 0.4) is 0 Å². The fraction of sp³-hybridized carbons (Fsp3) is 0.625. The first-order valence-corrected chi connectivity index (χ1v) is 7.41. The van der Waals surface area contributed by atoms with Crippen LogP contribution in [-0.4, -0.2) is 29.6 Å². The van der Waals surface area contributed by atoms with Crippen LogP contribution in [0.25, 0.3) is 0 Å². The number of nitrogens with two attached hydrogens (primary N) is 1. The van der Waals surface area contributed by atoms with E-state index in [9.17, 15) is 4.39 Å². The van der Waals surface area contributed by atoms with Gasteiger partial charge in [-0.25, -0.2) is 4.39 Å². The number of nitrogens with zero attached hydrogens (tertiary/aromatic N) is 1. The molecule has 1 fully saturated rings. The molecule has 2 rings (SSSR count). The summed E-state index contributed by atoms with van der Waals surface area (Å²) in [6, 6.07) is 5.13. The first kappa shape index (κ1) is 15.4. The van der Waals surface area contributed by atoms with E-state index in [0.29, 0.717) is 0 Å². The van der Waals surface area contributed by atoms with Gasteiger partial charge in [0.15, 0.2) is 0 Å². The van der Waals surface area contributed by atoms with Crippen molar-refractivity contribution in [2.24, 2.45) is 5.84 Å². The minimum absolute atomic E-state index is 0.00786. The highest BCUT2D eigenvalue weighted by Gasteiger charge is 2.36. The molecule has 1 aromatic rings. The number of hydrogen-bond acceptors (Lipinski definition) is 3. The normalized spacial score (nSPS) is 18.4. The molecule has 1 aliphatic heterocycles. The quantitative estimate of drug-likeness (QED) is 0.642. The number of hydrazine groups is 1. The first-order chi connectivity index (χ1) is 9.45. The lowest BCUT2D eigenvalue weighted by molar-refractivity contribution is 0.106. The van der Waals surface area contributed by atoms with E-state index >= 15 is 0 Å². The van der Waals surface area contributed by atoms with E-state index in [1.54, 1.807) is 6.07 Å². The third-order valence-electron chi connectivity index (χ3n) is 4.70. The molecule has 0 aromatic heterocycles. The Bertz CT molecular complexity index is 453. The minimum atomic E-state index is -0.178. The van der Waals surface area contributed by atoms with Gasteiger partial charge in [-0.1, -0.05) is 6.07 Å². The molecule has 0 bridgehead atoms. The van der Waals surface area contributed by atoms with Gasteiger partial charge in [-0.2, -0.15) is 0 Å². The first-order valence-electron chi connectivity index (χ1n) is 7.41. The number of likely N-dealkylation sites (tertiary alicyclic amines) is 1. The Morgan fingerprint density at radius 2 is 2.00 bits per heavy atom. The zero-order valence-corrected chi connectivity index (χ0v) is 12.7. The molecule has 0 saturated carbocycles. The number of nitrogens with one attached hydrogen (secondary N) is 1. The van der Waals surface area contributed by atoms with Crippen LogP contribution >= 0.6 is 0 Å². The van der Waals surface area contributed by atoms with E-state index in [4.69, 9.17) is 5.84 Å². The standard InChI is InChI=1S/C16H26FN3/c1-12-10-14(17)7-6-13(12)11-15(19-18)16(2,3)20-8-4-5-9-20/h6-7,10,15,19H,4-5,8-9,11,18H2,1-3H3. The van der Waals surface area contributed by atoms with Crippen LogP contribution in [-0.2, 0) is 6.42 Å². The lowest BCUT2D eigenvalue weighted by Crippen LogP contribution is -2.59. The summed E-state index contributed by atoms with van der Waals surface area (Å²) in [6.45, 7) is 8.69. The maximum absolute atomic E-state index is 13.2. The number of rotatable bonds is 5. The van der Waals surface area contributed by atoms with Gasteiger partial charge in [-0.15, -0.1) is 0 Å². The predicted octanol–water partition coefficient (Wildman–Crippen LogP) is 2.38. The van der Waals surface area contributed by atoms with Crippen molar-refractivity contribution in [3.05, 3.63) is 35.1 Å². The molecule has 1 saturated heterocycles. The summed E-state index contributed by atoms with van der Waals surface area (Å²) in [5.41, 5.74) is 5.11. The van der Waals surface area contributed by atoms with Crippen molar-refractivity contribution in [3.63, 3.8) is 0 Å². The van der Waals surface area contributed by atoms with Gasteiger partial charge in [-0.3, -0.25) is 16.2 Å². The van der Waals surface area contributed by atoms with E-state index in [1.165, 1.54) is 18.9 Å². The van der Waals surface area contributed by atoms with Gasteiger partial charge in [0.2, 0.25) is 0 Å². The summed E-state index contributed by atoms with van der Waals surface area (Å²) in [4.78, 5) is 2.50. The zero-order chi connectivity index (χ0) is 14.8. The molecule has 3 nitrogen and oxygen atoms in total. The second-order valence-corrected chi connectivity index (χ2v) is 6.34. The molecular weight excluding hydrogens is 253 g/mol. The Labute approximate surface area is 121 Å². The van der Waals surface area contributed by atoms with E-state index in [0.717, 1.165) is 30.6 Å². The van der Waals surface area contributed by atoms with Crippen molar-refractivity contribution in [1.29, 1.82) is 0 Å². The van der Waals surface area contributed by atoms with E-state index in [2.05, 4.69) is 24.2 Å². The molecule has 1 atom stereocenters. The average Bonchev–Trinajstić information content (AvgIpc) is 2.92. The number of hydrogen-bond donors (Lipinski definition) is 2. The molecule has 0 aliphatic carbocycles. The van der Waals surface area contributed by atoms with Gasteiger partial charge < -0.3 is 0 Å². The lowest BCUT2D eigenvalue weighted by Gasteiger charge is -2.42. The summed E-state index contributed by atoms with van der Waals surface area (Å²) in [5.74, 6) is 5.63. The van der Waals surface area contributed by atoms with E-state index in [1.807, 2.05) is 13.0 Å². The molecule has 1 aromatic carbocycles. The van der Waals surface area contributed by atoms with Crippen LogP contribution < -0.4 is 11.3 Å². The minimum Gasteiger partial charge on any atom is -0.297 e. The molecule has 20 heavy (non-hydrogen) atoms. The fourth-order valence-electron chi connectivity index (χ4n) is 3.13. The maximum atomic E-state index is 13.2. The number of aryl methyl sites for hydroxylation is 1. The van der Waals surface area contributed by atoms with E-state index in [-0.39, 0.29) is 17.4 Å². The van der Waals surface area contributed by atoms with Gasteiger partial charge in [-0.05, 0) is 76.4 Å². The van der Waals surface area contributed by atoms with Crippen LogP contribution in [0, 0.1) is 12.7 Å². The Hall–Kier alpha value is -0.970. The van der Waals surface area contributed by atoms with Crippen molar-refractivity contribution in [3.8, 4) is 0 Å². The molecule has 4 heteroatoms. The predicted molar refractivity (Wildman–Crippen MR) is 80.8 cm³/mol. The summed E-state index contributed by atoms with van der Waals surface area (Å²) in [5, 5.41) is 0. The Morgan fingerprint density at radius 1 is 1.35 bits per heavy atom. The average molecular weight is 279 g/mol. The molecular formula is C16H26FN3. The Balaban J connectivity index is 2.15. The second kappa shape index (κ2) is 6.20. The molecule has 1 heterocycles. The Morgan fingerprint density at radius 3 is 2.55 bits per heavy atom. The summed E-state index contributed by atoms with van der Waals surface area (Å²) in [6.07, 6.45) is 3.33. The van der Waals surface area contributed by atoms with Gasteiger partial charge in [0, 0.05) is 11.6 Å². The van der Waals surface area contributed by atoms with Gasteiger partial charge in [0.1, 0.15) is 5.82 Å². The second-order valence-electron chi connectivity index (χ2n) is 6.34. The maximum Gasteiger partial charge on any atom is 0.123 e. The van der Waals surface area contributed by atoms with Crippen LogP contribution in [0.2, 0.25) is 0 Å². The van der Waals surface area contributed by atoms with Gasteiger partial charge in [0.05, 0.1) is 0 Å². The summed E-state index contributed by atoms with van der Waals surface area (Å²) >= 11 is 0. The van der Waals surface area contributed by atoms with E-state index < -0.39 is 0 Å². The zero-order valence-electron chi connectivity index (χ0n) is 12.7. The molecule has 1 aliphatic rings. The third-order valence-corrected chi connectivity index (χ3v) is 4.70. The van der Waals surface area contributed by atoms with Crippen molar-refractivity contribution >= 4 is 0 Å². The van der Waals surface area contributed by atoms with Crippen LogP contribution in [0.15, 0.2) is 18.2 Å². The summed E-state index contributed by atoms with van der Waals surface area (Å²) in [7, 11) is 0. The summed E-state index contributed by atoms with van der Waals surface area (Å²) < 4.78 is 13.2. The topological polar surface area (TPSA) is 41.3 Å². The van der Waals surface area contributed by atoms with Crippen molar-refractivity contribution in [1.82, 2.24) is 10.3 Å². The smallest absolute Gasteiger partial charge is 0.123 e. The Kier molecular flexibility index (Phi) is 4.78. The number of benzene rings is 1. The highest BCUT2D eigenvalue weighted by atomic mass is 19.1. The van der Waals surface area contributed by atoms with Crippen molar-refractivity contribution in [2.75, 3.05) is 13.1 Å². The molecule has 0 spiro atoms. The molecule has 0 radical (unpaired) electrons. The SMILES string of the molecule is Cc1cc(F)ccc1CC(NN)C(C)(C)N1CCCC1. The van der Waals surface area contributed by atoms with Crippen molar-refractivity contribution < 1.29 is 4.39 Å². The molecule has 0 amide bonds. The van der Waals surface area contributed by atoms with Crippen LogP contribution in [0.5, 0.6) is 0 Å². The van der Waals surface area contributed by atoms with Gasteiger partial charge in [0.25, 0.3) is 0 Å². The number of halogens is 1. The van der Waals surface area contributed by atoms with Gasteiger partial charge >= 0.3 is 0 Å². The highest BCUT2D eigenvalue weighted by molar-refractivity contribution is 5.28. The third kappa shape index (κ3) is 3.19. The highest BCUT2D eigenvalue weighted by Crippen LogP contribution is 2.26. The monoisotopic (exact) mass is 279 g/mol. The molecule has 3 N–H and O–H groups in total. The largest absolute Gasteiger partial charge is 0.297 e. The lowest BCUT2D eigenvalue weighted by atomic mass is 9.87. The van der Waals surface area contributed by atoms with Crippen LogP contribution in [0.1, 0.15) is 37.8 Å². The molecule has 1 unspecified atom stereocenters. The van der Waals surface area contributed by atoms with Crippen LogP contribution in [0.4, 0.5) is 4.39 Å².